The van der Waals surface area contributed by atoms with E-state index in [1.54, 1.807) is 12.5 Å². The Balaban J connectivity index is 2.45. The molecule has 0 amide bonds. The fourth-order valence-corrected chi connectivity index (χ4v) is 3.52. The van der Waals surface area contributed by atoms with Crippen molar-refractivity contribution in [3.05, 3.63) is 83.4 Å². The molecule has 1 aromatic rings. The molecule has 0 fully saturated rings. The SMILES string of the molecule is C=C(C)C(C/C=C(\C)CC/C=C\CC/C=C(\C)CO)CC/C(=C/CCc1ccoc1)C(=O)O. The number of hydrogen-bond donors (Lipinski definition) is 2. The molecule has 1 unspecified atom stereocenters. The minimum absolute atomic E-state index is 0.138. The monoisotopic (exact) mass is 454 g/mol. The molecule has 0 spiro atoms. The number of unbranched alkanes of at least 4 members (excludes halogenated alkanes) is 1. The number of aliphatic hydroxyl groups is 1. The Kier molecular flexibility index (Phi) is 14.6. The van der Waals surface area contributed by atoms with E-state index in [1.165, 1.54) is 5.57 Å². The highest BCUT2D eigenvalue weighted by Gasteiger charge is 2.13. The molecule has 4 heteroatoms. The van der Waals surface area contributed by atoms with Gasteiger partial charge in [-0.05, 0) is 96.1 Å². The average Bonchev–Trinajstić information content (AvgIpc) is 3.29. The van der Waals surface area contributed by atoms with Gasteiger partial charge in [0.1, 0.15) is 0 Å². The normalized spacial score (nSPS) is 14.1. The first-order chi connectivity index (χ1) is 15.8. The van der Waals surface area contributed by atoms with Crippen LogP contribution in [0.5, 0.6) is 0 Å². The Hall–Kier alpha value is -2.59. The number of rotatable bonds is 17. The van der Waals surface area contributed by atoms with Crippen LogP contribution in [0.15, 0.2) is 82.3 Å². The van der Waals surface area contributed by atoms with E-state index in [0.29, 0.717) is 18.4 Å². The number of aliphatic hydroxyl groups excluding tert-OH is 1. The standard InChI is InChI=1S/C29H42O4/c1-23(2)27(16-15-24(3)11-8-6-5-7-9-12-25(4)21-30)17-18-28(29(31)32)14-10-13-26-19-20-33-22-26/h5-6,12,14-15,19-20,22,27,30H,1,7-11,13,16-18,21H2,2-4H3,(H,31,32)/b6-5-,24-15+,25-12+,28-14-. The van der Waals surface area contributed by atoms with Gasteiger partial charge in [-0.3, -0.25) is 0 Å². The molecule has 182 valence electrons. The molecule has 4 nitrogen and oxygen atoms in total. The van der Waals surface area contributed by atoms with E-state index in [9.17, 15) is 9.90 Å². The molecule has 1 aromatic heterocycles. The maximum absolute atomic E-state index is 11.7. The molecule has 0 aliphatic heterocycles. The zero-order valence-electron chi connectivity index (χ0n) is 20.7. The van der Waals surface area contributed by atoms with Crippen LogP contribution in [-0.4, -0.2) is 22.8 Å². The third kappa shape index (κ3) is 13.5. The summed E-state index contributed by atoms with van der Waals surface area (Å²) in [6, 6.07) is 1.91. The number of aryl methyl sites for hydroxylation is 1. The van der Waals surface area contributed by atoms with Gasteiger partial charge in [0.25, 0.3) is 0 Å². The number of carboxylic acid groups (broad SMARTS) is 1. The molecule has 1 heterocycles. The number of furan rings is 1. The lowest BCUT2D eigenvalue weighted by Gasteiger charge is -2.16. The van der Waals surface area contributed by atoms with Gasteiger partial charge in [-0.1, -0.05) is 53.7 Å². The molecule has 0 saturated heterocycles. The number of allylic oxidation sites excluding steroid dienone is 7. The van der Waals surface area contributed by atoms with Crippen molar-refractivity contribution >= 4 is 5.97 Å². The van der Waals surface area contributed by atoms with Crippen LogP contribution in [-0.2, 0) is 11.2 Å². The molecule has 0 aliphatic carbocycles. The van der Waals surface area contributed by atoms with Crippen LogP contribution >= 0.6 is 0 Å². The smallest absolute Gasteiger partial charge is 0.331 e. The third-order valence-electron chi connectivity index (χ3n) is 5.84. The Bertz CT molecular complexity index is 822. The van der Waals surface area contributed by atoms with Gasteiger partial charge >= 0.3 is 5.97 Å². The fourth-order valence-electron chi connectivity index (χ4n) is 3.52. The third-order valence-corrected chi connectivity index (χ3v) is 5.84. The molecule has 1 rings (SSSR count). The maximum atomic E-state index is 11.7. The van der Waals surface area contributed by atoms with E-state index in [1.807, 2.05) is 26.0 Å². The van der Waals surface area contributed by atoms with Crippen LogP contribution < -0.4 is 0 Å². The lowest BCUT2D eigenvalue weighted by Crippen LogP contribution is -2.06. The molecule has 33 heavy (non-hydrogen) atoms. The van der Waals surface area contributed by atoms with Crippen molar-refractivity contribution in [1.29, 1.82) is 0 Å². The number of aliphatic carboxylic acids is 1. The van der Waals surface area contributed by atoms with E-state index in [2.05, 4.69) is 37.8 Å². The van der Waals surface area contributed by atoms with Gasteiger partial charge in [0.2, 0.25) is 0 Å². The van der Waals surface area contributed by atoms with Crippen LogP contribution in [0.2, 0.25) is 0 Å². The maximum Gasteiger partial charge on any atom is 0.331 e. The second-order valence-corrected chi connectivity index (χ2v) is 8.87. The van der Waals surface area contributed by atoms with Crippen LogP contribution in [0.4, 0.5) is 0 Å². The molecule has 0 aliphatic rings. The van der Waals surface area contributed by atoms with Crippen LogP contribution in [0.25, 0.3) is 0 Å². The van der Waals surface area contributed by atoms with Gasteiger partial charge in [0.15, 0.2) is 0 Å². The quantitative estimate of drug-likeness (QED) is 0.144. The Morgan fingerprint density at radius 2 is 1.79 bits per heavy atom. The van der Waals surface area contributed by atoms with E-state index in [-0.39, 0.29) is 12.5 Å². The summed E-state index contributed by atoms with van der Waals surface area (Å²) in [5, 5.41) is 18.6. The number of carbonyl (C=O) groups is 1. The Labute approximate surface area is 200 Å². The van der Waals surface area contributed by atoms with Crippen molar-refractivity contribution in [2.24, 2.45) is 5.92 Å². The van der Waals surface area contributed by atoms with E-state index < -0.39 is 5.97 Å². The van der Waals surface area contributed by atoms with E-state index in [4.69, 9.17) is 9.52 Å². The first kappa shape index (κ1) is 28.4. The average molecular weight is 455 g/mol. The Morgan fingerprint density at radius 3 is 2.42 bits per heavy atom. The topological polar surface area (TPSA) is 70.7 Å². The van der Waals surface area contributed by atoms with Crippen molar-refractivity contribution < 1.29 is 19.4 Å². The second-order valence-electron chi connectivity index (χ2n) is 8.87. The number of carboxylic acids is 1. The van der Waals surface area contributed by atoms with Crippen molar-refractivity contribution in [1.82, 2.24) is 0 Å². The first-order valence-electron chi connectivity index (χ1n) is 12.0. The van der Waals surface area contributed by atoms with Crippen molar-refractivity contribution in [3.8, 4) is 0 Å². The van der Waals surface area contributed by atoms with Gasteiger partial charge in [-0.15, -0.1) is 0 Å². The summed E-state index contributed by atoms with van der Waals surface area (Å²) < 4.78 is 5.06. The highest BCUT2D eigenvalue weighted by molar-refractivity contribution is 5.86. The zero-order valence-corrected chi connectivity index (χ0v) is 20.7. The fraction of sp³-hybridized carbons (Fsp3) is 0.483. The van der Waals surface area contributed by atoms with Crippen LogP contribution in [0.3, 0.4) is 0 Å². The van der Waals surface area contributed by atoms with Crippen LogP contribution in [0.1, 0.15) is 77.7 Å². The van der Waals surface area contributed by atoms with E-state index in [0.717, 1.165) is 61.7 Å². The van der Waals surface area contributed by atoms with Crippen molar-refractivity contribution in [2.75, 3.05) is 6.61 Å². The van der Waals surface area contributed by atoms with E-state index >= 15 is 0 Å². The van der Waals surface area contributed by atoms with Gasteiger partial charge in [-0.2, -0.15) is 0 Å². The first-order valence-corrected chi connectivity index (χ1v) is 12.0. The molecule has 0 aromatic carbocycles. The Morgan fingerprint density at radius 1 is 1.03 bits per heavy atom. The van der Waals surface area contributed by atoms with Crippen molar-refractivity contribution in [2.45, 2.75) is 78.6 Å². The van der Waals surface area contributed by atoms with Gasteiger partial charge in [0, 0.05) is 5.57 Å². The highest BCUT2D eigenvalue weighted by Crippen LogP contribution is 2.24. The minimum Gasteiger partial charge on any atom is -0.478 e. The molecular weight excluding hydrogens is 412 g/mol. The molecular formula is C29H42O4. The summed E-state index contributed by atoms with van der Waals surface area (Å²) in [7, 11) is 0. The van der Waals surface area contributed by atoms with Crippen molar-refractivity contribution in [3.63, 3.8) is 0 Å². The summed E-state index contributed by atoms with van der Waals surface area (Å²) in [6.45, 7) is 10.4. The van der Waals surface area contributed by atoms with Gasteiger partial charge < -0.3 is 14.6 Å². The summed E-state index contributed by atoms with van der Waals surface area (Å²) in [5.74, 6) is -0.545. The summed E-state index contributed by atoms with van der Waals surface area (Å²) >= 11 is 0. The number of hydrogen-bond acceptors (Lipinski definition) is 3. The zero-order chi connectivity index (χ0) is 24.5. The second kappa shape index (κ2) is 17.0. The lowest BCUT2D eigenvalue weighted by molar-refractivity contribution is -0.132. The highest BCUT2D eigenvalue weighted by atomic mass is 16.4. The molecule has 0 radical (unpaired) electrons. The molecule has 1 atom stereocenters. The van der Waals surface area contributed by atoms with Gasteiger partial charge in [0.05, 0.1) is 19.1 Å². The minimum atomic E-state index is -0.830. The molecule has 0 saturated carbocycles. The summed E-state index contributed by atoms with van der Waals surface area (Å²) in [4.78, 5) is 11.7. The lowest BCUT2D eigenvalue weighted by atomic mass is 9.89. The summed E-state index contributed by atoms with van der Waals surface area (Å²) in [5.41, 5.74) is 5.05. The van der Waals surface area contributed by atoms with Crippen LogP contribution in [0, 0.1) is 5.92 Å². The molecule has 0 bridgehead atoms. The largest absolute Gasteiger partial charge is 0.478 e. The van der Waals surface area contributed by atoms with Gasteiger partial charge in [-0.25, -0.2) is 4.79 Å². The summed E-state index contributed by atoms with van der Waals surface area (Å²) in [6.07, 6.45) is 21.7. The molecule has 2 N–H and O–H groups in total. The predicted octanol–water partition coefficient (Wildman–Crippen LogP) is 7.59. The predicted molar refractivity (Wildman–Crippen MR) is 137 cm³/mol.